The van der Waals surface area contributed by atoms with E-state index >= 15 is 0 Å². The van der Waals surface area contributed by atoms with Crippen LogP contribution in [0.5, 0.6) is 0 Å². The van der Waals surface area contributed by atoms with Gasteiger partial charge in [-0.05, 0) is 42.0 Å². The number of sulfone groups is 1. The Bertz CT molecular complexity index is 861. The average molecular weight is 376 g/mol. The van der Waals surface area contributed by atoms with Gasteiger partial charge in [-0.3, -0.25) is 10.0 Å². The molecule has 6 nitrogen and oxygen atoms in total. The highest BCUT2D eigenvalue weighted by Gasteiger charge is 2.43. The summed E-state index contributed by atoms with van der Waals surface area (Å²) in [5, 5.41) is 8.86. The zero-order chi connectivity index (χ0) is 19.4. The van der Waals surface area contributed by atoms with Crippen molar-refractivity contribution < 1.29 is 18.4 Å². The molecule has 0 spiro atoms. The minimum absolute atomic E-state index is 0.0722. The molecule has 0 saturated heterocycles. The number of amides is 1. The summed E-state index contributed by atoms with van der Waals surface area (Å²) in [4.78, 5) is 11.8. The number of carbonyl (C=O) groups is 1. The van der Waals surface area contributed by atoms with Crippen LogP contribution in [0, 0.1) is 0 Å². The molecule has 0 bridgehead atoms. The quantitative estimate of drug-likeness (QED) is 0.506. The van der Waals surface area contributed by atoms with Gasteiger partial charge in [-0.15, -0.1) is 0 Å². The van der Waals surface area contributed by atoms with E-state index in [0.29, 0.717) is 13.0 Å². The number of carbonyl (C=O) groups excluding carboxylic acids is 1. The zero-order valence-corrected chi connectivity index (χ0v) is 15.7. The second-order valence-corrected chi connectivity index (χ2v) is 8.99. The predicted octanol–water partition coefficient (Wildman–Crippen LogP) is 2.05. The van der Waals surface area contributed by atoms with Crippen molar-refractivity contribution in [2.75, 3.05) is 6.26 Å². The predicted molar refractivity (Wildman–Crippen MR) is 101 cm³/mol. The van der Waals surface area contributed by atoms with Gasteiger partial charge in [0.25, 0.3) is 5.91 Å². The monoisotopic (exact) mass is 376 g/mol. The molecule has 7 heteroatoms. The van der Waals surface area contributed by atoms with Gasteiger partial charge >= 0.3 is 0 Å². The molecule has 0 aliphatic rings. The van der Waals surface area contributed by atoms with Crippen LogP contribution >= 0.6 is 0 Å². The smallest absolute Gasteiger partial charge is 0.264 e. The lowest BCUT2D eigenvalue weighted by atomic mass is 9.97. The van der Waals surface area contributed by atoms with Crippen LogP contribution in [0.1, 0.15) is 24.5 Å². The van der Waals surface area contributed by atoms with Crippen LogP contribution in [0.3, 0.4) is 0 Å². The molecule has 0 unspecified atom stereocenters. The molecule has 2 aromatic rings. The van der Waals surface area contributed by atoms with Crippen molar-refractivity contribution in [3.63, 3.8) is 0 Å². The number of rotatable bonds is 7. The molecular weight excluding hydrogens is 352 g/mol. The summed E-state index contributed by atoms with van der Waals surface area (Å²) in [5.74, 6) is -0.920. The maximum atomic E-state index is 12.0. The average Bonchev–Trinajstić information content (AvgIpc) is 2.65. The third kappa shape index (κ3) is 4.30. The molecule has 140 valence electrons. The number of nitrogens with one attached hydrogen (secondary N) is 1. The summed E-state index contributed by atoms with van der Waals surface area (Å²) < 4.78 is 22.3. The van der Waals surface area contributed by atoms with E-state index in [9.17, 15) is 13.2 Å². The van der Waals surface area contributed by atoms with E-state index in [1.165, 1.54) is 12.4 Å². The maximum Gasteiger partial charge on any atom is 0.264 e. The fourth-order valence-electron chi connectivity index (χ4n) is 2.67. The molecule has 4 N–H and O–H groups in total. The second kappa shape index (κ2) is 7.99. The molecule has 1 amide bonds. The number of hydrogen-bond donors (Lipinski definition) is 3. The van der Waals surface area contributed by atoms with Gasteiger partial charge in [-0.25, -0.2) is 13.9 Å². The Balaban J connectivity index is 2.14. The van der Waals surface area contributed by atoms with Crippen molar-refractivity contribution in [3.8, 4) is 11.1 Å². The van der Waals surface area contributed by atoms with Crippen LogP contribution < -0.4 is 11.2 Å². The third-order valence-electron chi connectivity index (χ3n) is 4.77. The van der Waals surface area contributed by atoms with Crippen molar-refractivity contribution in [1.29, 1.82) is 0 Å². The Morgan fingerprint density at radius 1 is 1.04 bits per heavy atom. The van der Waals surface area contributed by atoms with E-state index < -0.39 is 20.5 Å². The van der Waals surface area contributed by atoms with E-state index in [0.717, 1.165) is 28.5 Å². The molecule has 0 aromatic heterocycles. The first-order valence-corrected chi connectivity index (χ1v) is 10.1. The van der Waals surface area contributed by atoms with Crippen LogP contribution in [-0.4, -0.2) is 30.5 Å². The molecule has 0 aliphatic heterocycles. The van der Waals surface area contributed by atoms with E-state index in [-0.39, 0.29) is 6.42 Å². The minimum atomic E-state index is -3.69. The highest BCUT2D eigenvalue weighted by Crippen LogP contribution is 2.25. The summed E-state index contributed by atoms with van der Waals surface area (Å²) in [5.41, 5.74) is 11.1. The van der Waals surface area contributed by atoms with Crippen LogP contribution in [0.15, 0.2) is 48.5 Å². The molecule has 0 heterocycles. The molecule has 0 radical (unpaired) electrons. The van der Waals surface area contributed by atoms with Crippen molar-refractivity contribution in [2.45, 2.75) is 31.1 Å². The lowest BCUT2D eigenvalue weighted by Crippen LogP contribution is -2.49. The lowest BCUT2D eigenvalue weighted by Gasteiger charge is -2.25. The zero-order valence-electron chi connectivity index (χ0n) is 14.9. The normalized spacial score (nSPS) is 13.8. The highest BCUT2D eigenvalue weighted by atomic mass is 32.2. The Morgan fingerprint density at radius 3 is 1.88 bits per heavy atom. The fourth-order valence-corrected chi connectivity index (χ4v) is 3.52. The van der Waals surface area contributed by atoms with Gasteiger partial charge in [0, 0.05) is 12.8 Å². The Morgan fingerprint density at radius 2 is 1.50 bits per heavy atom. The molecule has 2 rings (SSSR count). The molecule has 26 heavy (non-hydrogen) atoms. The highest BCUT2D eigenvalue weighted by molar-refractivity contribution is 7.92. The molecular formula is C19H24N2O4S. The summed E-state index contributed by atoms with van der Waals surface area (Å²) in [6.45, 7) is 1.82. The van der Waals surface area contributed by atoms with Gasteiger partial charge in [-0.2, -0.15) is 0 Å². The first kappa shape index (κ1) is 20.1. The number of benzene rings is 2. The number of nitrogens with two attached hydrogens (primary N) is 1. The lowest BCUT2D eigenvalue weighted by molar-refractivity contribution is -0.131. The van der Waals surface area contributed by atoms with E-state index in [1.807, 2.05) is 48.5 Å². The summed E-state index contributed by atoms with van der Waals surface area (Å²) >= 11 is 0. The van der Waals surface area contributed by atoms with Gasteiger partial charge in [-0.1, -0.05) is 48.5 Å². The van der Waals surface area contributed by atoms with Gasteiger partial charge in [0.2, 0.25) is 0 Å². The van der Waals surface area contributed by atoms with Gasteiger partial charge in [0.05, 0.1) is 0 Å². The molecule has 0 saturated carbocycles. The maximum absolute atomic E-state index is 12.0. The van der Waals surface area contributed by atoms with Crippen molar-refractivity contribution in [3.05, 3.63) is 59.7 Å². The first-order valence-electron chi connectivity index (χ1n) is 8.24. The third-order valence-corrected chi connectivity index (χ3v) is 6.79. The van der Waals surface area contributed by atoms with Crippen LogP contribution in [0.25, 0.3) is 11.1 Å². The van der Waals surface area contributed by atoms with Crippen molar-refractivity contribution in [1.82, 2.24) is 5.48 Å². The molecule has 0 fully saturated rings. The largest absolute Gasteiger partial charge is 0.326 e. The molecule has 0 aliphatic carbocycles. The van der Waals surface area contributed by atoms with Crippen LogP contribution in [-0.2, 0) is 27.6 Å². The van der Waals surface area contributed by atoms with Crippen molar-refractivity contribution in [2.24, 2.45) is 5.73 Å². The van der Waals surface area contributed by atoms with Crippen LogP contribution in [0.4, 0.5) is 0 Å². The van der Waals surface area contributed by atoms with Gasteiger partial charge in [0.15, 0.2) is 9.84 Å². The number of aryl methyl sites for hydroxylation is 1. The molecule has 2 aromatic carbocycles. The Kier molecular flexibility index (Phi) is 6.17. The Hall–Kier alpha value is -2.22. The second-order valence-electron chi connectivity index (χ2n) is 6.54. The van der Waals surface area contributed by atoms with E-state index in [2.05, 4.69) is 0 Å². The SMILES string of the molecule is C[C@@](CCc1ccc(-c2ccc(CN)cc2)cc1)(C(=O)NO)S(C)(=O)=O. The van der Waals surface area contributed by atoms with Crippen LogP contribution in [0.2, 0.25) is 0 Å². The van der Waals surface area contributed by atoms with Gasteiger partial charge < -0.3 is 5.73 Å². The van der Waals surface area contributed by atoms with Gasteiger partial charge in [0.1, 0.15) is 4.75 Å². The Labute approximate surface area is 153 Å². The minimum Gasteiger partial charge on any atom is -0.326 e. The standard InChI is InChI=1S/C19H24N2O4S/c1-19(18(22)21-23,26(2,24)25)12-11-14-3-7-16(8-4-14)17-9-5-15(13-20)6-10-17/h3-10,23H,11-13,20H2,1-2H3,(H,21,22)/t19-/m1/s1. The fraction of sp³-hybridized carbons (Fsp3) is 0.316. The summed E-state index contributed by atoms with van der Waals surface area (Å²) in [6, 6.07) is 15.7. The topological polar surface area (TPSA) is 109 Å². The summed E-state index contributed by atoms with van der Waals surface area (Å²) in [7, 11) is -3.69. The van der Waals surface area contributed by atoms with E-state index in [4.69, 9.17) is 10.9 Å². The number of hydroxylamine groups is 1. The molecule has 1 atom stereocenters. The van der Waals surface area contributed by atoms with Crippen molar-refractivity contribution >= 4 is 15.7 Å². The summed E-state index contributed by atoms with van der Waals surface area (Å²) in [6.07, 6.45) is 1.46. The van der Waals surface area contributed by atoms with E-state index in [1.54, 1.807) is 0 Å². The first-order chi connectivity index (χ1) is 12.2. The number of hydrogen-bond acceptors (Lipinski definition) is 5.